The molecular formula is C9H23NO3Si. The molecule has 1 atom stereocenters. The first-order chi connectivity index (χ1) is 6.78. The van der Waals surface area contributed by atoms with E-state index in [-0.39, 0.29) is 6.29 Å². The summed E-state index contributed by atoms with van der Waals surface area (Å²) in [5, 5.41) is 1.91. The molecule has 0 N–H and O–H groups in total. The van der Waals surface area contributed by atoms with Crippen molar-refractivity contribution in [3.63, 3.8) is 0 Å². The van der Waals surface area contributed by atoms with Gasteiger partial charge in [0.15, 0.2) is 6.29 Å². The first-order valence-electron chi connectivity index (χ1n) is 5.30. The Morgan fingerprint density at radius 3 is 2.07 bits per heavy atom. The highest BCUT2D eigenvalue weighted by molar-refractivity contribution is 5.97. The van der Waals surface area contributed by atoms with Crippen LogP contribution in [0.15, 0.2) is 0 Å². The predicted molar refractivity (Wildman–Crippen MR) is 59.9 cm³/mol. The van der Waals surface area contributed by atoms with E-state index in [1.165, 1.54) is 0 Å². The SMILES string of the molecule is CCN(CC)OC1CCO1.CCO[SiH3]. The van der Waals surface area contributed by atoms with Gasteiger partial charge in [0.2, 0.25) is 0 Å². The smallest absolute Gasteiger partial charge is 0.179 e. The highest BCUT2D eigenvalue weighted by atomic mass is 28.2. The van der Waals surface area contributed by atoms with Gasteiger partial charge in [0.1, 0.15) is 10.5 Å². The Bertz CT molecular complexity index is 117. The van der Waals surface area contributed by atoms with Gasteiger partial charge in [-0.25, -0.2) is 0 Å². The Balaban J connectivity index is 0.000000364. The second-order valence-electron chi connectivity index (χ2n) is 2.89. The molecule has 0 aromatic heterocycles. The van der Waals surface area contributed by atoms with E-state index in [0.717, 1.165) is 43.2 Å². The Morgan fingerprint density at radius 1 is 1.36 bits per heavy atom. The quantitative estimate of drug-likeness (QED) is 0.494. The van der Waals surface area contributed by atoms with E-state index >= 15 is 0 Å². The van der Waals surface area contributed by atoms with Crippen molar-refractivity contribution in [3.8, 4) is 0 Å². The number of hydroxylamine groups is 2. The zero-order valence-corrected chi connectivity index (χ0v) is 11.8. The van der Waals surface area contributed by atoms with Crippen molar-refractivity contribution in [1.29, 1.82) is 0 Å². The average Bonchev–Trinajstić information content (AvgIpc) is 2.17. The van der Waals surface area contributed by atoms with Gasteiger partial charge in [-0.15, -0.1) is 0 Å². The Kier molecular flexibility index (Phi) is 9.64. The molecule has 0 radical (unpaired) electrons. The predicted octanol–water partition coefficient (Wildman–Crippen LogP) is 0.309. The van der Waals surface area contributed by atoms with Gasteiger partial charge >= 0.3 is 0 Å². The first-order valence-corrected chi connectivity index (χ1v) is 6.12. The van der Waals surface area contributed by atoms with Crippen LogP contribution < -0.4 is 0 Å². The molecular weight excluding hydrogens is 198 g/mol. The van der Waals surface area contributed by atoms with E-state index in [2.05, 4.69) is 18.3 Å². The molecule has 1 unspecified atom stereocenters. The lowest BCUT2D eigenvalue weighted by Gasteiger charge is -2.30. The van der Waals surface area contributed by atoms with E-state index in [1.807, 2.05) is 12.0 Å². The van der Waals surface area contributed by atoms with Crippen LogP contribution in [0.4, 0.5) is 0 Å². The lowest BCUT2D eigenvalue weighted by molar-refractivity contribution is -0.320. The zero-order chi connectivity index (χ0) is 10.8. The molecule has 0 amide bonds. The number of rotatable bonds is 5. The van der Waals surface area contributed by atoms with Gasteiger partial charge in [0.25, 0.3) is 0 Å². The topological polar surface area (TPSA) is 30.9 Å². The van der Waals surface area contributed by atoms with Gasteiger partial charge in [0, 0.05) is 26.1 Å². The van der Waals surface area contributed by atoms with Crippen LogP contribution in [0.1, 0.15) is 27.2 Å². The highest BCUT2D eigenvalue weighted by Gasteiger charge is 2.20. The molecule has 1 aliphatic rings. The van der Waals surface area contributed by atoms with Gasteiger partial charge in [0.05, 0.1) is 6.61 Å². The summed E-state index contributed by atoms with van der Waals surface area (Å²) < 4.78 is 9.78. The maximum Gasteiger partial charge on any atom is 0.179 e. The monoisotopic (exact) mass is 221 g/mol. The van der Waals surface area contributed by atoms with Gasteiger partial charge in [-0.05, 0) is 6.92 Å². The maximum atomic E-state index is 5.40. The molecule has 1 heterocycles. The summed E-state index contributed by atoms with van der Waals surface area (Å²) in [4.78, 5) is 5.40. The molecule has 4 nitrogen and oxygen atoms in total. The molecule has 5 heteroatoms. The minimum absolute atomic E-state index is 0.0416. The van der Waals surface area contributed by atoms with Crippen LogP contribution in [0.5, 0.6) is 0 Å². The molecule has 0 aliphatic carbocycles. The number of ether oxygens (including phenoxy) is 1. The van der Waals surface area contributed by atoms with Gasteiger partial charge in [-0.3, -0.25) is 4.84 Å². The normalized spacial score (nSPS) is 20.1. The lowest BCUT2D eigenvalue weighted by atomic mass is 10.3. The molecule has 0 aromatic carbocycles. The molecule has 0 aromatic rings. The van der Waals surface area contributed by atoms with Crippen molar-refractivity contribution in [1.82, 2.24) is 5.06 Å². The van der Waals surface area contributed by atoms with Gasteiger partial charge in [-0.2, -0.15) is 5.06 Å². The summed E-state index contributed by atoms with van der Waals surface area (Å²) in [6.45, 7) is 9.72. The largest absolute Gasteiger partial charge is 0.428 e. The summed E-state index contributed by atoms with van der Waals surface area (Å²) in [6, 6.07) is 0. The number of hydrogen-bond acceptors (Lipinski definition) is 4. The fourth-order valence-corrected chi connectivity index (χ4v) is 0.836. The van der Waals surface area contributed by atoms with Crippen molar-refractivity contribution in [2.75, 3.05) is 26.3 Å². The molecule has 0 saturated carbocycles. The van der Waals surface area contributed by atoms with Crippen LogP contribution in [-0.2, 0) is 14.0 Å². The van der Waals surface area contributed by atoms with Crippen LogP contribution in [-0.4, -0.2) is 48.1 Å². The summed E-state index contributed by atoms with van der Waals surface area (Å²) in [5.41, 5.74) is 0. The van der Waals surface area contributed by atoms with Crippen LogP contribution in [0.25, 0.3) is 0 Å². The number of nitrogens with zero attached hydrogens (tertiary/aromatic N) is 1. The summed E-state index contributed by atoms with van der Waals surface area (Å²) in [7, 11) is 0.890. The van der Waals surface area contributed by atoms with E-state index in [9.17, 15) is 0 Å². The molecule has 1 aliphatic heterocycles. The summed E-state index contributed by atoms with van der Waals surface area (Å²) >= 11 is 0. The fraction of sp³-hybridized carbons (Fsp3) is 1.00. The van der Waals surface area contributed by atoms with E-state index in [1.54, 1.807) is 0 Å². The van der Waals surface area contributed by atoms with Crippen molar-refractivity contribution >= 4 is 10.5 Å². The molecule has 1 rings (SSSR count). The summed E-state index contributed by atoms with van der Waals surface area (Å²) in [5.74, 6) is 0. The standard InChI is InChI=1S/C7H15NO2.C2H8OSi/c1-3-8(4-2)10-7-5-6-9-7;1-2-3-4/h7H,3-6H2,1-2H3;2H2,1,4H3. The average molecular weight is 221 g/mol. The minimum atomic E-state index is 0.0416. The van der Waals surface area contributed by atoms with Crippen LogP contribution >= 0.6 is 0 Å². The zero-order valence-electron chi connectivity index (χ0n) is 9.78. The van der Waals surface area contributed by atoms with Crippen molar-refractivity contribution in [2.24, 2.45) is 0 Å². The molecule has 14 heavy (non-hydrogen) atoms. The summed E-state index contributed by atoms with van der Waals surface area (Å²) in [6.07, 6.45) is 1.08. The van der Waals surface area contributed by atoms with E-state index in [0.29, 0.717) is 0 Å². The van der Waals surface area contributed by atoms with Gasteiger partial charge < -0.3 is 9.16 Å². The van der Waals surface area contributed by atoms with Gasteiger partial charge in [-0.1, -0.05) is 13.8 Å². The number of hydrogen-bond donors (Lipinski definition) is 0. The second-order valence-corrected chi connectivity index (χ2v) is 3.46. The van der Waals surface area contributed by atoms with E-state index < -0.39 is 0 Å². The third-order valence-electron chi connectivity index (χ3n) is 1.92. The Hall–Kier alpha value is 0.0569. The van der Waals surface area contributed by atoms with E-state index in [4.69, 9.17) is 9.57 Å². The minimum Gasteiger partial charge on any atom is -0.428 e. The molecule has 86 valence electrons. The third kappa shape index (κ3) is 6.50. The van der Waals surface area contributed by atoms with Crippen LogP contribution in [0.3, 0.4) is 0 Å². The lowest BCUT2D eigenvalue weighted by Crippen LogP contribution is -2.37. The fourth-order valence-electron chi connectivity index (χ4n) is 0.836. The molecule has 0 spiro atoms. The Labute approximate surface area is 90.0 Å². The molecule has 1 fully saturated rings. The highest BCUT2D eigenvalue weighted by Crippen LogP contribution is 2.13. The van der Waals surface area contributed by atoms with Crippen molar-refractivity contribution < 1.29 is 14.0 Å². The molecule has 1 saturated heterocycles. The Morgan fingerprint density at radius 2 is 1.86 bits per heavy atom. The molecule has 0 bridgehead atoms. The third-order valence-corrected chi connectivity index (χ3v) is 2.50. The van der Waals surface area contributed by atoms with Crippen LogP contribution in [0.2, 0.25) is 0 Å². The van der Waals surface area contributed by atoms with Crippen LogP contribution in [0, 0.1) is 0 Å². The van der Waals surface area contributed by atoms with Crippen molar-refractivity contribution in [2.45, 2.75) is 33.5 Å². The second kappa shape index (κ2) is 9.61. The van der Waals surface area contributed by atoms with Crippen molar-refractivity contribution in [3.05, 3.63) is 0 Å². The first kappa shape index (κ1) is 14.1. The maximum absolute atomic E-state index is 5.40.